The monoisotopic (exact) mass is 585 g/mol. The van der Waals surface area contributed by atoms with Crippen LogP contribution in [0, 0.1) is 29.6 Å². The fourth-order valence-corrected chi connectivity index (χ4v) is 9.76. The Kier molecular flexibility index (Phi) is 6.58. The number of rotatable bonds is 8. The van der Waals surface area contributed by atoms with Crippen molar-refractivity contribution in [3.05, 3.63) is 16.9 Å². The molecule has 4 N–H and O–H groups in total. The van der Waals surface area contributed by atoms with E-state index in [0.29, 0.717) is 41.7 Å². The minimum atomic E-state index is -1.13. The number of carboxylic acid groups (broad SMARTS) is 1. The molecule has 5 aliphatic heterocycles. The van der Waals surface area contributed by atoms with Crippen LogP contribution in [0.3, 0.4) is 0 Å². The SMILES string of the molecule is CC(NC(=O)Cn1cnnn1)[C@H]1C(=O)N2C(C(=O)O)=C(S[C@@H]3CN[C@H](C(=O)N4CC5C(C4)[C@H]4CCNC54)C3)[C@H](C)[C@H]12. The second kappa shape index (κ2) is 10.1. The van der Waals surface area contributed by atoms with Gasteiger partial charge in [0, 0.05) is 47.8 Å². The van der Waals surface area contributed by atoms with E-state index in [1.807, 2.05) is 11.8 Å². The normalized spacial score (nSPS) is 37.8. The summed E-state index contributed by atoms with van der Waals surface area (Å²) in [6.07, 6.45) is 3.16. The van der Waals surface area contributed by atoms with E-state index in [1.165, 1.54) is 34.1 Å². The van der Waals surface area contributed by atoms with Crippen LogP contribution in [-0.4, -0.2) is 114 Å². The van der Waals surface area contributed by atoms with Gasteiger partial charge in [-0.3, -0.25) is 14.4 Å². The predicted molar refractivity (Wildman–Crippen MR) is 145 cm³/mol. The number of β-lactam (4-membered cyclic amide) rings is 1. The summed E-state index contributed by atoms with van der Waals surface area (Å²) >= 11 is 1.48. The lowest BCUT2D eigenvalue weighted by Crippen LogP contribution is -2.66. The van der Waals surface area contributed by atoms with Crippen molar-refractivity contribution in [1.29, 1.82) is 0 Å². The molecular weight excluding hydrogens is 550 g/mol. The summed E-state index contributed by atoms with van der Waals surface area (Å²) in [5.41, 5.74) is 0.0332. The van der Waals surface area contributed by atoms with Crippen LogP contribution < -0.4 is 16.0 Å². The average Bonchev–Trinajstić information content (AvgIpc) is 3.74. The Hall–Kier alpha value is -3.04. The summed E-state index contributed by atoms with van der Waals surface area (Å²) in [6.45, 7) is 6.99. The van der Waals surface area contributed by atoms with E-state index in [2.05, 4.69) is 31.5 Å². The van der Waals surface area contributed by atoms with E-state index in [0.717, 1.165) is 19.6 Å². The number of nitrogens with zero attached hydrogens (tertiary/aromatic N) is 6. The zero-order chi connectivity index (χ0) is 28.6. The van der Waals surface area contributed by atoms with E-state index in [-0.39, 0.29) is 53.2 Å². The quantitative estimate of drug-likeness (QED) is 0.261. The third kappa shape index (κ3) is 4.26. The van der Waals surface area contributed by atoms with Crippen molar-refractivity contribution in [3.63, 3.8) is 0 Å². The molecule has 1 aliphatic carbocycles. The molecule has 4 saturated heterocycles. The Morgan fingerprint density at radius 3 is 2.78 bits per heavy atom. The van der Waals surface area contributed by atoms with Crippen LogP contribution in [0.4, 0.5) is 0 Å². The van der Waals surface area contributed by atoms with Crippen molar-refractivity contribution < 1.29 is 24.3 Å². The van der Waals surface area contributed by atoms with Gasteiger partial charge in [-0.25, -0.2) is 9.48 Å². The van der Waals surface area contributed by atoms with Crippen molar-refractivity contribution in [2.45, 2.75) is 62.7 Å². The molecule has 1 aromatic rings. The number of hydrogen-bond acceptors (Lipinski definition) is 10. The number of nitrogens with one attached hydrogen (secondary N) is 3. The number of tetrazole rings is 1. The highest BCUT2D eigenvalue weighted by atomic mass is 32.2. The second-order valence-corrected chi connectivity index (χ2v) is 13.7. The average molecular weight is 586 g/mol. The molecule has 0 aromatic carbocycles. The van der Waals surface area contributed by atoms with E-state index in [9.17, 15) is 24.3 Å². The first kappa shape index (κ1) is 26.8. The van der Waals surface area contributed by atoms with E-state index in [1.54, 1.807) is 6.92 Å². The molecule has 4 unspecified atom stereocenters. The number of aliphatic carboxylic acids is 1. The molecule has 0 spiro atoms. The largest absolute Gasteiger partial charge is 0.477 e. The molecule has 6 aliphatic rings. The van der Waals surface area contributed by atoms with Gasteiger partial charge >= 0.3 is 5.97 Å². The third-order valence-corrected chi connectivity index (χ3v) is 11.7. The fourth-order valence-electron chi connectivity index (χ4n) is 8.29. The van der Waals surface area contributed by atoms with Gasteiger partial charge in [0.25, 0.3) is 0 Å². The first-order chi connectivity index (χ1) is 19.7. The Bertz CT molecular complexity index is 1290. The summed E-state index contributed by atoms with van der Waals surface area (Å²) < 4.78 is 1.29. The van der Waals surface area contributed by atoms with Crippen molar-refractivity contribution in [3.8, 4) is 0 Å². The second-order valence-electron chi connectivity index (χ2n) is 12.3. The zero-order valence-corrected chi connectivity index (χ0v) is 23.8. The van der Waals surface area contributed by atoms with Crippen molar-refractivity contribution in [2.24, 2.45) is 29.6 Å². The van der Waals surface area contributed by atoms with Crippen molar-refractivity contribution in [2.75, 3.05) is 26.2 Å². The minimum Gasteiger partial charge on any atom is -0.477 e. The van der Waals surface area contributed by atoms with E-state index >= 15 is 0 Å². The predicted octanol–water partition coefficient (Wildman–Crippen LogP) is -1.52. The van der Waals surface area contributed by atoms with Gasteiger partial charge in [-0.15, -0.1) is 16.9 Å². The summed E-state index contributed by atoms with van der Waals surface area (Å²) in [7, 11) is 0. The van der Waals surface area contributed by atoms with Gasteiger partial charge in [-0.2, -0.15) is 0 Å². The molecule has 0 bridgehead atoms. The Labute approximate surface area is 241 Å². The lowest BCUT2D eigenvalue weighted by Gasteiger charge is -2.47. The van der Waals surface area contributed by atoms with Gasteiger partial charge in [0.2, 0.25) is 17.7 Å². The number of carboxylic acids is 1. The zero-order valence-electron chi connectivity index (χ0n) is 23.0. The highest BCUT2D eigenvalue weighted by molar-refractivity contribution is 8.03. The van der Waals surface area contributed by atoms with Crippen LogP contribution in [-0.2, 0) is 25.7 Å². The molecule has 220 valence electrons. The summed E-state index contributed by atoms with van der Waals surface area (Å²) in [5.74, 6) is -0.452. The number of carbonyl (C=O) groups excluding carboxylic acids is 3. The molecule has 7 rings (SSSR count). The van der Waals surface area contributed by atoms with Crippen LogP contribution >= 0.6 is 11.8 Å². The number of amides is 3. The van der Waals surface area contributed by atoms with Crippen LogP contribution in [0.1, 0.15) is 26.7 Å². The minimum absolute atomic E-state index is 0.0248. The fraction of sp³-hybridized carbons (Fsp3) is 0.731. The lowest BCUT2D eigenvalue weighted by atomic mass is 9.63. The molecule has 14 nitrogen and oxygen atoms in total. The molecule has 3 amide bonds. The lowest BCUT2D eigenvalue weighted by molar-refractivity contribution is -0.158. The van der Waals surface area contributed by atoms with Crippen LogP contribution in [0.5, 0.6) is 0 Å². The number of aromatic nitrogens is 4. The van der Waals surface area contributed by atoms with E-state index in [4.69, 9.17) is 0 Å². The van der Waals surface area contributed by atoms with Gasteiger partial charge in [-0.05, 0) is 54.5 Å². The summed E-state index contributed by atoms with van der Waals surface area (Å²) in [5, 5.41) is 30.7. The Balaban J connectivity index is 0.979. The van der Waals surface area contributed by atoms with Crippen LogP contribution in [0.15, 0.2) is 16.9 Å². The standard InChI is InChI=1S/C26H35N9O5S/c1-11-21-19(12(2)30-18(36)9-34-10-29-31-32-34)25(38)35(21)22(26(39)40)23(11)41-13-5-17(28-6-13)24(37)33-7-15-14-3-4-27-20(14)16(15)8-33/h10-17,19-21,27-28H,3-9H2,1-2H3,(H,30,36)(H,39,40)/t11-,12?,13+,14-,15?,16?,17+,19-,20?,21-/m1/s1. The maximum Gasteiger partial charge on any atom is 0.353 e. The molecule has 41 heavy (non-hydrogen) atoms. The highest BCUT2D eigenvalue weighted by Crippen LogP contribution is 2.52. The molecule has 15 heteroatoms. The Morgan fingerprint density at radius 1 is 1.22 bits per heavy atom. The topological polar surface area (TPSA) is 175 Å². The maximum atomic E-state index is 13.4. The third-order valence-electron chi connectivity index (χ3n) is 10.2. The number of likely N-dealkylation sites (tertiary alicyclic amines) is 1. The number of carbonyl (C=O) groups is 4. The molecule has 6 heterocycles. The molecule has 10 atom stereocenters. The van der Waals surface area contributed by atoms with E-state index < -0.39 is 17.9 Å². The highest BCUT2D eigenvalue weighted by Gasteiger charge is 2.61. The molecule has 0 radical (unpaired) electrons. The molecule has 1 aromatic heterocycles. The summed E-state index contributed by atoms with van der Waals surface area (Å²) in [6, 6.07) is -0.540. The van der Waals surface area contributed by atoms with Gasteiger partial charge in [0.15, 0.2) is 0 Å². The molecule has 1 saturated carbocycles. The first-order valence-electron chi connectivity index (χ1n) is 14.5. The number of thioether (sulfide) groups is 1. The smallest absolute Gasteiger partial charge is 0.353 e. The number of hydrogen-bond donors (Lipinski definition) is 4. The van der Waals surface area contributed by atoms with Crippen LogP contribution in [0.2, 0.25) is 0 Å². The van der Waals surface area contributed by atoms with Crippen LogP contribution in [0.25, 0.3) is 0 Å². The molecular formula is C26H35N9O5S. The van der Waals surface area contributed by atoms with Crippen molar-refractivity contribution in [1.82, 2.24) is 46.0 Å². The Morgan fingerprint density at radius 2 is 2.02 bits per heavy atom. The van der Waals surface area contributed by atoms with Crippen molar-refractivity contribution >= 4 is 35.5 Å². The molecule has 5 fully saturated rings. The van der Waals surface area contributed by atoms with Gasteiger partial charge in [0.05, 0.1) is 18.0 Å². The summed E-state index contributed by atoms with van der Waals surface area (Å²) in [4.78, 5) is 55.5. The number of fused-ring (bicyclic) bond motifs is 5. The van der Waals surface area contributed by atoms with Gasteiger partial charge in [0.1, 0.15) is 18.6 Å². The van der Waals surface area contributed by atoms with Gasteiger partial charge < -0.3 is 30.9 Å². The maximum absolute atomic E-state index is 13.4. The van der Waals surface area contributed by atoms with Gasteiger partial charge in [-0.1, -0.05) is 6.92 Å². The first-order valence-corrected chi connectivity index (χ1v) is 15.3.